The summed E-state index contributed by atoms with van der Waals surface area (Å²) in [7, 11) is -3.49. The number of hydrogen-bond donors (Lipinski definition) is 2. The summed E-state index contributed by atoms with van der Waals surface area (Å²) in [6, 6.07) is 1.57. The first-order valence-corrected chi connectivity index (χ1v) is 7.96. The number of hydrogen-bond acceptors (Lipinski definition) is 4. The van der Waals surface area contributed by atoms with E-state index >= 15 is 0 Å². The number of amides is 1. The SMILES string of the molecule is Cc1sc(Br)cc1S(=O)(=O)NCCCC(N)=O. The first kappa shape index (κ1) is 14.6. The van der Waals surface area contributed by atoms with Crippen molar-refractivity contribution in [2.45, 2.75) is 24.7 Å². The average molecular weight is 341 g/mol. The fourth-order valence-electron chi connectivity index (χ4n) is 1.24. The molecule has 8 heteroatoms. The van der Waals surface area contributed by atoms with Crippen LogP contribution in [0, 0.1) is 6.92 Å². The minimum atomic E-state index is -3.49. The Morgan fingerprint density at radius 2 is 2.24 bits per heavy atom. The van der Waals surface area contributed by atoms with Gasteiger partial charge >= 0.3 is 0 Å². The third-order valence-corrected chi connectivity index (χ3v) is 5.29. The lowest BCUT2D eigenvalue weighted by Gasteiger charge is -2.05. The number of aryl methyl sites for hydroxylation is 1. The monoisotopic (exact) mass is 340 g/mol. The normalized spacial score (nSPS) is 11.6. The van der Waals surface area contributed by atoms with Crippen molar-refractivity contribution >= 4 is 43.2 Å². The number of sulfonamides is 1. The van der Waals surface area contributed by atoms with E-state index in [2.05, 4.69) is 20.7 Å². The van der Waals surface area contributed by atoms with E-state index in [1.54, 1.807) is 13.0 Å². The summed E-state index contributed by atoms with van der Waals surface area (Å²) >= 11 is 4.61. The highest BCUT2D eigenvalue weighted by molar-refractivity contribution is 9.11. The van der Waals surface area contributed by atoms with Crippen molar-refractivity contribution < 1.29 is 13.2 Å². The van der Waals surface area contributed by atoms with Gasteiger partial charge in [0.1, 0.15) is 0 Å². The van der Waals surface area contributed by atoms with Gasteiger partial charge < -0.3 is 5.73 Å². The van der Waals surface area contributed by atoms with E-state index in [1.807, 2.05) is 0 Å². The molecule has 17 heavy (non-hydrogen) atoms. The van der Waals surface area contributed by atoms with Gasteiger partial charge in [0.15, 0.2) is 0 Å². The molecule has 0 saturated carbocycles. The summed E-state index contributed by atoms with van der Waals surface area (Å²) < 4.78 is 26.9. The Morgan fingerprint density at radius 3 is 2.71 bits per heavy atom. The van der Waals surface area contributed by atoms with Crippen molar-refractivity contribution in [3.8, 4) is 0 Å². The Kier molecular flexibility index (Phi) is 5.11. The van der Waals surface area contributed by atoms with E-state index in [9.17, 15) is 13.2 Å². The molecule has 0 aliphatic rings. The standard InChI is InChI=1S/C9H13BrN2O3S2/c1-6-7(5-8(10)16-6)17(14,15)12-4-2-3-9(11)13/h5,12H,2-4H2,1H3,(H2,11,13). The summed E-state index contributed by atoms with van der Waals surface area (Å²) in [4.78, 5) is 11.5. The molecule has 1 aromatic rings. The van der Waals surface area contributed by atoms with Crippen molar-refractivity contribution in [3.05, 3.63) is 14.7 Å². The van der Waals surface area contributed by atoms with Crippen LogP contribution in [0.2, 0.25) is 0 Å². The maximum Gasteiger partial charge on any atom is 0.241 e. The van der Waals surface area contributed by atoms with Gasteiger partial charge in [-0.25, -0.2) is 13.1 Å². The summed E-state index contributed by atoms with van der Waals surface area (Å²) in [6.07, 6.45) is 0.577. The van der Waals surface area contributed by atoms with Crippen LogP contribution >= 0.6 is 27.3 Å². The number of halogens is 1. The van der Waals surface area contributed by atoms with Gasteiger partial charge in [-0.1, -0.05) is 0 Å². The van der Waals surface area contributed by atoms with Crippen LogP contribution in [0.4, 0.5) is 0 Å². The second-order valence-corrected chi connectivity index (χ2v) is 7.81. The molecule has 96 valence electrons. The zero-order valence-corrected chi connectivity index (χ0v) is 12.4. The summed E-state index contributed by atoms with van der Waals surface area (Å²) in [5, 5.41) is 0. The molecule has 5 nitrogen and oxygen atoms in total. The molecular formula is C9H13BrN2O3S2. The molecule has 0 aromatic carbocycles. The summed E-state index contributed by atoms with van der Waals surface area (Å²) in [5.41, 5.74) is 4.96. The molecule has 0 radical (unpaired) electrons. The van der Waals surface area contributed by atoms with E-state index in [4.69, 9.17) is 5.73 Å². The molecule has 1 amide bonds. The van der Waals surface area contributed by atoms with E-state index in [-0.39, 0.29) is 17.9 Å². The van der Waals surface area contributed by atoms with Gasteiger partial charge in [0.25, 0.3) is 0 Å². The lowest BCUT2D eigenvalue weighted by molar-refractivity contribution is -0.118. The van der Waals surface area contributed by atoms with Gasteiger partial charge in [0.2, 0.25) is 15.9 Å². The lowest BCUT2D eigenvalue weighted by Crippen LogP contribution is -2.26. The van der Waals surface area contributed by atoms with Crippen LogP contribution in [0.1, 0.15) is 17.7 Å². The van der Waals surface area contributed by atoms with Crippen LogP contribution in [0.3, 0.4) is 0 Å². The lowest BCUT2D eigenvalue weighted by atomic mass is 10.3. The molecule has 0 saturated heterocycles. The minimum absolute atomic E-state index is 0.175. The third-order valence-electron chi connectivity index (χ3n) is 2.02. The van der Waals surface area contributed by atoms with E-state index in [0.717, 1.165) is 8.66 Å². The Morgan fingerprint density at radius 1 is 1.59 bits per heavy atom. The number of carbonyl (C=O) groups is 1. The zero-order valence-electron chi connectivity index (χ0n) is 9.20. The van der Waals surface area contributed by atoms with E-state index in [0.29, 0.717) is 6.42 Å². The van der Waals surface area contributed by atoms with Gasteiger partial charge in [-0.2, -0.15) is 0 Å². The number of thiophene rings is 1. The Hall–Kier alpha value is -0.440. The van der Waals surface area contributed by atoms with Crippen molar-refractivity contribution in [1.29, 1.82) is 0 Å². The van der Waals surface area contributed by atoms with Crippen LogP contribution < -0.4 is 10.5 Å². The topological polar surface area (TPSA) is 89.3 Å². The smallest absolute Gasteiger partial charge is 0.241 e. The fourth-order valence-corrected chi connectivity index (χ4v) is 4.73. The molecule has 0 unspecified atom stereocenters. The second-order valence-electron chi connectivity index (χ2n) is 3.44. The van der Waals surface area contributed by atoms with Gasteiger partial charge in [0.05, 0.1) is 8.68 Å². The molecule has 0 aliphatic carbocycles. The molecule has 0 atom stereocenters. The predicted molar refractivity (Wildman–Crippen MR) is 70.4 cm³/mol. The van der Waals surface area contributed by atoms with Crippen LogP contribution in [0.25, 0.3) is 0 Å². The largest absolute Gasteiger partial charge is 0.370 e. The van der Waals surface area contributed by atoms with Crippen LogP contribution in [0.15, 0.2) is 14.7 Å². The summed E-state index contributed by atoms with van der Waals surface area (Å²) in [6.45, 7) is 1.95. The van der Waals surface area contributed by atoms with Gasteiger partial charge in [0, 0.05) is 17.8 Å². The number of carbonyl (C=O) groups excluding carboxylic acids is 1. The highest BCUT2D eigenvalue weighted by atomic mass is 79.9. The molecule has 3 N–H and O–H groups in total. The summed E-state index contributed by atoms with van der Waals surface area (Å²) in [5.74, 6) is -0.432. The zero-order chi connectivity index (χ0) is 13.1. The number of nitrogens with two attached hydrogens (primary N) is 1. The average Bonchev–Trinajstić information content (AvgIpc) is 2.53. The molecule has 0 bridgehead atoms. The third kappa shape index (κ3) is 4.38. The Bertz CT molecular complexity index is 510. The molecule has 1 aromatic heterocycles. The maximum atomic E-state index is 11.9. The van der Waals surface area contributed by atoms with Crippen molar-refractivity contribution in [1.82, 2.24) is 4.72 Å². The highest BCUT2D eigenvalue weighted by Gasteiger charge is 2.18. The van der Waals surface area contributed by atoms with Crippen LogP contribution in [-0.4, -0.2) is 20.9 Å². The number of primary amides is 1. The Balaban J connectivity index is 2.63. The Labute approximate surface area is 113 Å². The first-order chi connectivity index (χ1) is 7.83. The van der Waals surface area contributed by atoms with E-state index < -0.39 is 15.9 Å². The molecular weight excluding hydrogens is 328 g/mol. The molecule has 0 spiro atoms. The minimum Gasteiger partial charge on any atom is -0.370 e. The van der Waals surface area contributed by atoms with E-state index in [1.165, 1.54) is 11.3 Å². The maximum absolute atomic E-state index is 11.9. The van der Waals surface area contributed by atoms with Gasteiger partial charge in [-0.05, 0) is 35.3 Å². The number of nitrogens with one attached hydrogen (secondary N) is 1. The van der Waals surface area contributed by atoms with Crippen LogP contribution in [0.5, 0.6) is 0 Å². The molecule has 0 aliphatic heterocycles. The van der Waals surface area contributed by atoms with Crippen molar-refractivity contribution in [2.75, 3.05) is 6.54 Å². The van der Waals surface area contributed by atoms with Gasteiger partial charge in [-0.3, -0.25) is 4.79 Å². The second kappa shape index (κ2) is 5.94. The van der Waals surface area contributed by atoms with Crippen LogP contribution in [-0.2, 0) is 14.8 Å². The first-order valence-electron chi connectivity index (χ1n) is 4.87. The molecule has 0 fully saturated rings. The van der Waals surface area contributed by atoms with Gasteiger partial charge in [-0.15, -0.1) is 11.3 Å². The molecule has 1 heterocycles. The van der Waals surface area contributed by atoms with Crippen molar-refractivity contribution in [3.63, 3.8) is 0 Å². The predicted octanol–water partition coefficient (Wildman–Crippen LogP) is 1.36. The fraction of sp³-hybridized carbons (Fsp3) is 0.444. The molecule has 1 rings (SSSR count). The number of rotatable bonds is 6. The highest BCUT2D eigenvalue weighted by Crippen LogP contribution is 2.29. The van der Waals surface area contributed by atoms with Crippen molar-refractivity contribution in [2.24, 2.45) is 5.73 Å². The quantitative estimate of drug-likeness (QED) is 0.766.